The summed E-state index contributed by atoms with van der Waals surface area (Å²) in [5.74, 6) is 2.02. The van der Waals surface area contributed by atoms with Crippen LogP contribution in [0.2, 0.25) is 0 Å². The normalized spacial score (nSPS) is 14.0. The van der Waals surface area contributed by atoms with E-state index in [9.17, 15) is 4.79 Å². The maximum Gasteiger partial charge on any atom is 0.220 e. The average Bonchev–Trinajstić information content (AvgIpc) is 2.81. The van der Waals surface area contributed by atoms with Crippen LogP contribution >= 0.6 is 0 Å². The Morgan fingerprint density at radius 1 is 1.19 bits per heavy atom. The van der Waals surface area contributed by atoms with Crippen molar-refractivity contribution >= 4 is 11.7 Å². The number of hydrogen-bond acceptors (Lipinski definition) is 7. The second-order valence-corrected chi connectivity index (χ2v) is 7.52. The van der Waals surface area contributed by atoms with Crippen LogP contribution in [0.3, 0.4) is 0 Å². The van der Waals surface area contributed by atoms with Crippen molar-refractivity contribution in [1.82, 2.24) is 15.2 Å². The van der Waals surface area contributed by atoms with Crippen LogP contribution in [0.1, 0.15) is 24.0 Å². The first-order valence-corrected chi connectivity index (χ1v) is 10.4. The second-order valence-electron chi connectivity index (χ2n) is 7.52. The number of nitriles is 1. The van der Waals surface area contributed by atoms with E-state index in [0.29, 0.717) is 43.1 Å². The molecular formula is C23H29N5O3. The van der Waals surface area contributed by atoms with Gasteiger partial charge in [-0.25, -0.2) is 4.98 Å². The lowest BCUT2D eigenvalue weighted by Crippen LogP contribution is -2.44. The second kappa shape index (κ2) is 11.2. The summed E-state index contributed by atoms with van der Waals surface area (Å²) in [6, 6.07) is 11.1. The molecule has 2 aromatic rings. The summed E-state index contributed by atoms with van der Waals surface area (Å²) in [6.07, 6.45) is 2.75. The molecule has 0 saturated carbocycles. The zero-order chi connectivity index (χ0) is 22.1. The molecule has 164 valence electrons. The minimum Gasteiger partial charge on any atom is -0.493 e. The number of pyridine rings is 1. The van der Waals surface area contributed by atoms with Crippen molar-refractivity contribution in [2.75, 3.05) is 51.8 Å². The molecule has 0 aliphatic carbocycles. The van der Waals surface area contributed by atoms with Crippen LogP contribution in [0, 0.1) is 11.3 Å². The van der Waals surface area contributed by atoms with Gasteiger partial charge in [0.05, 0.1) is 25.3 Å². The number of piperazine rings is 1. The van der Waals surface area contributed by atoms with Gasteiger partial charge in [-0.3, -0.25) is 4.79 Å². The van der Waals surface area contributed by atoms with Crippen LogP contribution in [0.4, 0.5) is 5.82 Å². The fourth-order valence-corrected chi connectivity index (χ4v) is 3.34. The minimum absolute atomic E-state index is 0.0200. The van der Waals surface area contributed by atoms with Crippen molar-refractivity contribution in [2.45, 2.75) is 19.4 Å². The van der Waals surface area contributed by atoms with Crippen LogP contribution < -0.4 is 19.7 Å². The summed E-state index contributed by atoms with van der Waals surface area (Å²) in [5.41, 5.74) is 1.55. The third-order valence-electron chi connectivity index (χ3n) is 5.23. The summed E-state index contributed by atoms with van der Waals surface area (Å²) in [6.45, 7) is 4.84. The maximum atomic E-state index is 12.2. The number of benzene rings is 1. The number of nitrogens with one attached hydrogen (secondary N) is 1. The Morgan fingerprint density at radius 2 is 2.00 bits per heavy atom. The molecule has 1 aromatic carbocycles. The van der Waals surface area contributed by atoms with E-state index in [1.807, 2.05) is 12.1 Å². The van der Waals surface area contributed by atoms with Crippen molar-refractivity contribution in [2.24, 2.45) is 0 Å². The number of likely N-dealkylation sites (N-methyl/N-ethyl adjacent to an activating group) is 1. The van der Waals surface area contributed by atoms with Crippen LogP contribution in [-0.2, 0) is 11.3 Å². The van der Waals surface area contributed by atoms with Crippen LogP contribution in [0.15, 0.2) is 36.5 Å². The molecule has 1 amide bonds. The predicted octanol–water partition coefficient (Wildman–Crippen LogP) is 2.19. The van der Waals surface area contributed by atoms with Gasteiger partial charge in [-0.15, -0.1) is 0 Å². The lowest BCUT2D eigenvalue weighted by molar-refractivity contribution is -0.121. The molecular weight excluding hydrogens is 394 g/mol. The van der Waals surface area contributed by atoms with Crippen molar-refractivity contribution in [3.8, 4) is 17.6 Å². The van der Waals surface area contributed by atoms with E-state index in [-0.39, 0.29) is 5.91 Å². The number of carbonyl (C=O) groups excluding carboxylic acids is 1. The molecule has 1 fully saturated rings. The van der Waals surface area contributed by atoms with E-state index < -0.39 is 0 Å². The summed E-state index contributed by atoms with van der Waals surface area (Å²) < 4.78 is 10.9. The lowest BCUT2D eigenvalue weighted by Gasteiger charge is -2.33. The molecule has 0 atom stereocenters. The SMILES string of the molecule is COc1cc(C#N)ccc1OCCCC(=O)NCc1ccnc(N2CCN(C)CC2)c1. The average molecular weight is 424 g/mol. The number of amides is 1. The van der Waals surface area contributed by atoms with Crippen molar-refractivity contribution in [3.05, 3.63) is 47.7 Å². The number of carbonyl (C=O) groups is 1. The topological polar surface area (TPSA) is 90.7 Å². The highest BCUT2D eigenvalue weighted by atomic mass is 16.5. The number of methoxy groups -OCH3 is 1. The number of nitrogens with zero attached hydrogens (tertiary/aromatic N) is 4. The molecule has 8 heteroatoms. The van der Waals surface area contributed by atoms with E-state index in [2.05, 4.69) is 33.2 Å². The van der Waals surface area contributed by atoms with Gasteiger partial charge in [-0.1, -0.05) is 0 Å². The van der Waals surface area contributed by atoms with Gasteiger partial charge in [0.1, 0.15) is 5.82 Å². The molecule has 8 nitrogen and oxygen atoms in total. The van der Waals surface area contributed by atoms with Crippen molar-refractivity contribution in [3.63, 3.8) is 0 Å². The zero-order valence-corrected chi connectivity index (χ0v) is 18.1. The molecule has 1 aliphatic heterocycles. The molecule has 0 unspecified atom stereocenters. The Hall–Kier alpha value is -3.31. The highest BCUT2D eigenvalue weighted by Gasteiger charge is 2.15. The lowest BCUT2D eigenvalue weighted by atomic mass is 10.2. The molecule has 0 radical (unpaired) electrons. The smallest absolute Gasteiger partial charge is 0.220 e. The molecule has 3 rings (SSSR count). The Kier molecular flexibility index (Phi) is 8.07. The fourth-order valence-electron chi connectivity index (χ4n) is 3.34. The number of ether oxygens (including phenoxy) is 2. The standard InChI is InChI=1S/C23H29N5O3/c1-27-9-11-28(12-10-27)22-15-19(7-8-25-22)17-26-23(29)4-3-13-31-20-6-5-18(16-24)14-21(20)30-2/h5-8,14-15H,3-4,9-13,17H2,1-2H3,(H,26,29). The number of hydrogen-bond donors (Lipinski definition) is 1. The van der Waals surface area contributed by atoms with Crippen LogP contribution in [0.25, 0.3) is 0 Å². The monoisotopic (exact) mass is 423 g/mol. The fraction of sp³-hybridized carbons (Fsp3) is 0.435. The van der Waals surface area contributed by atoms with E-state index >= 15 is 0 Å². The molecule has 31 heavy (non-hydrogen) atoms. The van der Waals surface area contributed by atoms with Gasteiger partial charge in [0.15, 0.2) is 11.5 Å². The van der Waals surface area contributed by atoms with Crippen molar-refractivity contribution < 1.29 is 14.3 Å². The van der Waals surface area contributed by atoms with Gasteiger partial charge < -0.3 is 24.6 Å². The Balaban J connectivity index is 1.40. The summed E-state index contributed by atoms with van der Waals surface area (Å²) in [7, 11) is 3.66. The van der Waals surface area contributed by atoms with Crippen molar-refractivity contribution in [1.29, 1.82) is 5.26 Å². The molecule has 1 N–H and O–H groups in total. The zero-order valence-electron chi connectivity index (χ0n) is 18.1. The van der Waals surface area contributed by atoms with E-state index in [0.717, 1.165) is 37.6 Å². The quantitative estimate of drug-likeness (QED) is 0.618. The molecule has 1 aliphatic rings. The van der Waals surface area contributed by atoms with Gasteiger partial charge in [-0.2, -0.15) is 5.26 Å². The van der Waals surface area contributed by atoms with E-state index in [4.69, 9.17) is 14.7 Å². The highest BCUT2D eigenvalue weighted by molar-refractivity contribution is 5.75. The Bertz CT molecular complexity index is 920. The number of aromatic nitrogens is 1. The highest BCUT2D eigenvalue weighted by Crippen LogP contribution is 2.28. The number of rotatable bonds is 9. The Labute approximate surface area is 183 Å². The third-order valence-corrected chi connectivity index (χ3v) is 5.23. The Morgan fingerprint density at radius 3 is 2.74 bits per heavy atom. The maximum absolute atomic E-state index is 12.2. The van der Waals surface area contributed by atoms with Gasteiger partial charge in [0.2, 0.25) is 5.91 Å². The molecule has 1 saturated heterocycles. The van der Waals surface area contributed by atoms with Gasteiger partial charge >= 0.3 is 0 Å². The summed E-state index contributed by atoms with van der Waals surface area (Å²) in [4.78, 5) is 21.3. The third kappa shape index (κ3) is 6.59. The first-order valence-electron chi connectivity index (χ1n) is 10.4. The van der Waals surface area contributed by atoms with Gasteiger partial charge in [0.25, 0.3) is 0 Å². The number of anilines is 1. The first-order chi connectivity index (χ1) is 15.1. The summed E-state index contributed by atoms with van der Waals surface area (Å²) in [5, 5.41) is 11.9. The largest absolute Gasteiger partial charge is 0.493 e. The molecule has 0 bridgehead atoms. The van der Waals surface area contributed by atoms with E-state index in [1.54, 1.807) is 24.4 Å². The van der Waals surface area contributed by atoms with Crippen LogP contribution in [-0.4, -0.2) is 62.7 Å². The van der Waals surface area contributed by atoms with Gasteiger partial charge in [0, 0.05) is 51.4 Å². The first kappa shape index (κ1) is 22.4. The van der Waals surface area contributed by atoms with Crippen LogP contribution in [0.5, 0.6) is 11.5 Å². The van der Waals surface area contributed by atoms with Gasteiger partial charge in [-0.05, 0) is 43.3 Å². The molecule has 1 aromatic heterocycles. The molecule has 0 spiro atoms. The molecule has 2 heterocycles. The minimum atomic E-state index is -0.0200. The van der Waals surface area contributed by atoms with E-state index in [1.165, 1.54) is 7.11 Å². The predicted molar refractivity (Wildman–Crippen MR) is 118 cm³/mol. The summed E-state index contributed by atoms with van der Waals surface area (Å²) >= 11 is 0.